The molecule has 5 aliphatic rings. The summed E-state index contributed by atoms with van der Waals surface area (Å²) in [6.07, 6.45) is 7.93. The van der Waals surface area contributed by atoms with Crippen molar-refractivity contribution in [2.45, 2.75) is 120 Å². The Kier molecular flexibility index (Phi) is 10.8. The van der Waals surface area contributed by atoms with Crippen molar-refractivity contribution in [3.8, 4) is 33.6 Å². The number of likely N-dealkylation sites (tertiary alicyclic amines) is 2. The van der Waals surface area contributed by atoms with Gasteiger partial charge in [0.15, 0.2) is 0 Å². The summed E-state index contributed by atoms with van der Waals surface area (Å²) in [6, 6.07) is 9.93. The molecule has 10 atom stereocenters. The van der Waals surface area contributed by atoms with E-state index in [2.05, 4.69) is 57.0 Å². The molecule has 2 aromatic carbocycles. The minimum atomic E-state index is -1.14. The first-order valence-corrected chi connectivity index (χ1v) is 21.5. The minimum absolute atomic E-state index is 0.00757. The molecule has 16 heteroatoms. The molecule has 4 amide bonds. The molecule has 2 aromatic heterocycles. The van der Waals surface area contributed by atoms with E-state index in [1.54, 1.807) is 0 Å². The average Bonchev–Trinajstić information content (AvgIpc) is 4.10. The lowest BCUT2D eigenvalue weighted by Gasteiger charge is -2.33. The maximum absolute atomic E-state index is 14.0. The fourth-order valence-corrected chi connectivity index (χ4v) is 11.0. The number of aromatic amines is 2. The lowest BCUT2D eigenvalue weighted by Crippen LogP contribution is -2.55. The first-order chi connectivity index (χ1) is 29.4. The fourth-order valence-electron chi connectivity index (χ4n) is 11.0. The second-order valence-corrected chi connectivity index (χ2v) is 17.5. The number of nitrogens with one attached hydrogen (secondary N) is 4. The van der Waals surface area contributed by atoms with Gasteiger partial charge in [0.2, 0.25) is 11.8 Å². The zero-order chi connectivity index (χ0) is 42.7. The van der Waals surface area contributed by atoms with Gasteiger partial charge in [0.05, 0.1) is 62.3 Å². The Bertz CT molecular complexity index is 2340. The van der Waals surface area contributed by atoms with E-state index >= 15 is 0 Å². The molecular formula is C45H54N8O8. The monoisotopic (exact) mass is 834 g/mol. The minimum Gasteiger partial charge on any atom is -0.453 e. The molecule has 2 saturated carbocycles. The van der Waals surface area contributed by atoms with Gasteiger partial charge in [0, 0.05) is 17.6 Å². The highest BCUT2D eigenvalue weighted by molar-refractivity contribution is 5.88. The Morgan fingerprint density at radius 2 is 1.18 bits per heavy atom. The van der Waals surface area contributed by atoms with Gasteiger partial charge in [-0.25, -0.2) is 19.6 Å². The predicted octanol–water partition coefficient (Wildman–Crippen LogP) is 5.13. The number of alkyl carbamates (subject to hydrolysis) is 2. The molecule has 2 aliphatic heterocycles. The number of aliphatic hydroxyl groups is 2. The van der Waals surface area contributed by atoms with Crippen LogP contribution in [0.3, 0.4) is 0 Å². The number of aliphatic hydroxyl groups excluding tert-OH is 2. The number of carbonyl (C=O) groups is 4. The van der Waals surface area contributed by atoms with Crippen LogP contribution in [-0.2, 0) is 25.5 Å². The maximum atomic E-state index is 14.0. The summed E-state index contributed by atoms with van der Waals surface area (Å²) in [5.41, 5.74) is 8.31. The van der Waals surface area contributed by atoms with Gasteiger partial charge in [-0.3, -0.25) is 9.59 Å². The second-order valence-electron chi connectivity index (χ2n) is 17.5. The van der Waals surface area contributed by atoms with Crippen molar-refractivity contribution >= 4 is 24.0 Å². The van der Waals surface area contributed by atoms with E-state index in [0.717, 1.165) is 91.4 Å². The van der Waals surface area contributed by atoms with Crippen molar-refractivity contribution in [1.29, 1.82) is 0 Å². The number of rotatable bonds is 10. The van der Waals surface area contributed by atoms with Crippen LogP contribution in [0.1, 0.15) is 100 Å². The van der Waals surface area contributed by atoms with Crippen LogP contribution in [0.5, 0.6) is 0 Å². The number of imidazole rings is 2. The molecular weight excluding hydrogens is 781 g/mol. The molecule has 0 unspecified atom stereocenters. The van der Waals surface area contributed by atoms with Crippen molar-refractivity contribution in [3.05, 3.63) is 71.6 Å². The van der Waals surface area contributed by atoms with Crippen LogP contribution in [0.25, 0.3) is 33.6 Å². The van der Waals surface area contributed by atoms with Crippen LogP contribution in [0.15, 0.2) is 48.8 Å². The largest absolute Gasteiger partial charge is 0.453 e. The van der Waals surface area contributed by atoms with Crippen molar-refractivity contribution in [2.24, 2.45) is 11.8 Å². The van der Waals surface area contributed by atoms with Crippen LogP contribution in [0.2, 0.25) is 0 Å². The van der Waals surface area contributed by atoms with E-state index in [-0.39, 0.29) is 36.0 Å². The van der Waals surface area contributed by atoms with E-state index in [9.17, 15) is 29.4 Å². The summed E-state index contributed by atoms with van der Waals surface area (Å²) in [5.74, 6) is 1.31. The summed E-state index contributed by atoms with van der Waals surface area (Å²) >= 11 is 0. The quantitative estimate of drug-likeness (QED) is 0.109. The second kappa shape index (κ2) is 16.3. The lowest BCUT2D eigenvalue weighted by atomic mass is 10.0. The summed E-state index contributed by atoms with van der Waals surface area (Å²) in [4.78, 5) is 72.6. The molecule has 9 rings (SSSR count). The van der Waals surface area contributed by atoms with Gasteiger partial charge in [-0.05, 0) is 111 Å². The molecule has 2 saturated heterocycles. The number of fused-ring (bicyclic) bond motifs is 5. The number of benzene rings is 2. The number of carbonyl (C=O) groups excluding carboxylic acids is 4. The van der Waals surface area contributed by atoms with Crippen LogP contribution in [-0.4, -0.2) is 115 Å². The van der Waals surface area contributed by atoms with E-state index in [4.69, 9.17) is 19.4 Å². The number of hydrogen-bond acceptors (Lipinski definition) is 10. The van der Waals surface area contributed by atoms with Crippen LogP contribution in [0.4, 0.5) is 9.59 Å². The average molecular weight is 835 g/mol. The van der Waals surface area contributed by atoms with Crippen LogP contribution < -0.4 is 10.6 Å². The molecule has 4 fully saturated rings. The highest BCUT2D eigenvalue weighted by Crippen LogP contribution is 2.49. The smallest absolute Gasteiger partial charge is 0.407 e. The highest BCUT2D eigenvalue weighted by atomic mass is 16.5. The van der Waals surface area contributed by atoms with E-state index < -0.39 is 36.5 Å². The van der Waals surface area contributed by atoms with Crippen LogP contribution >= 0.6 is 0 Å². The molecule has 3 aliphatic carbocycles. The van der Waals surface area contributed by atoms with Crippen molar-refractivity contribution in [3.63, 3.8) is 0 Å². The van der Waals surface area contributed by atoms with E-state index in [0.29, 0.717) is 23.5 Å². The molecule has 61 heavy (non-hydrogen) atoms. The molecule has 4 heterocycles. The summed E-state index contributed by atoms with van der Waals surface area (Å²) < 4.78 is 9.50. The zero-order valence-corrected chi connectivity index (χ0v) is 34.9. The third kappa shape index (κ3) is 7.32. The van der Waals surface area contributed by atoms with Gasteiger partial charge in [-0.2, -0.15) is 0 Å². The molecule has 0 bridgehead atoms. The number of amides is 4. The molecule has 0 radical (unpaired) electrons. The zero-order valence-electron chi connectivity index (χ0n) is 34.9. The molecule has 6 N–H and O–H groups in total. The first kappa shape index (κ1) is 40.7. The van der Waals surface area contributed by atoms with Gasteiger partial charge < -0.3 is 50.1 Å². The number of ether oxygens (including phenoxy) is 2. The van der Waals surface area contributed by atoms with Crippen molar-refractivity contribution in [1.82, 2.24) is 40.4 Å². The molecule has 322 valence electrons. The number of nitrogens with zero attached hydrogens (tertiary/aromatic N) is 4. The van der Waals surface area contributed by atoms with Gasteiger partial charge >= 0.3 is 12.2 Å². The van der Waals surface area contributed by atoms with E-state index in [1.807, 2.05) is 22.2 Å². The number of methoxy groups -OCH3 is 2. The Balaban J connectivity index is 0.938. The fraction of sp³-hybridized carbons (Fsp3) is 0.511. The topological polar surface area (TPSA) is 215 Å². The molecule has 4 aromatic rings. The third-order valence-corrected chi connectivity index (χ3v) is 13.9. The first-order valence-electron chi connectivity index (χ1n) is 21.5. The summed E-state index contributed by atoms with van der Waals surface area (Å²) in [7, 11) is 2.46. The Morgan fingerprint density at radius 1 is 0.689 bits per heavy atom. The number of aromatic nitrogens is 4. The number of H-pyrrole nitrogens is 2. The number of hydrogen-bond donors (Lipinski definition) is 6. The standard InChI is InChI=1S/C45H54N8O8/c1-22(54)38(50-44(58)60-3)42(56)52-34-9-5-7-27(34)18-36(52)40-46-20-32(48-40)25-13-14-30-29(16-25)15-24-11-12-26(17-31(24)30)33-21-47-41(49-33)37-19-28-8-6-10-35(28)53(37)43(57)39(23(2)55)51-45(59)61-4/h11-14,16-17,20-23,27-28,34-39,54-55H,5-10,15,18-19H2,1-4H3,(H,46,48)(H,47,49)(H,50,58)(H,51,59)/t22-,23-,27+,28+,34+,35+,36+,37+,38+,39+/m1/s1. The molecule has 0 spiro atoms. The highest BCUT2D eigenvalue weighted by Gasteiger charge is 2.51. The Hall–Kier alpha value is -5.74. The predicted molar refractivity (Wildman–Crippen MR) is 223 cm³/mol. The Morgan fingerprint density at radius 3 is 1.67 bits per heavy atom. The Labute approximate surface area is 353 Å². The SMILES string of the molecule is COC(=O)N[C@H](C(=O)N1[C@H](c2ncc(-c3ccc4c(c3)Cc3ccc(-c5cnc([C@@H]6C[C@@H]7CCC[C@@H]7N6C(=O)[C@@H](NC(=O)OC)[C@@H](C)O)[nH]5)cc3-4)[nH]2)C[C@@H]2CCC[C@@H]21)[C@@H](C)O. The third-order valence-electron chi connectivity index (χ3n) is 13.9. The molecule has 16 nitrogen and oxygen atoms in total. The summed E-state index contributed by atoms with van der Waals surface area (Å²) in [5, 5.41) is 26.1. The normalized spacial score (nSPS) is 25.5. The van der Waals surface area contributed by atoms with Gasteiger partial charge in [-0.15, -0.1) is 0 Å². The van der Waals surface area contributed by atoms with Crippen LogP contribution in [0, 0.1) is 11.8 Å². The van der Waals surface area contributed by atoms with Gasteiger partial charge in [0.25, 0.3) is 0 Å². The van der Waals surface area contributed by atoms with Crippen molar-refractivity contribution < 1.29 is 38.9 Å². The van der Waals surface area contributed by atoms with Crippen molar-refractivity contribution in [2.75, 3.05) is 14.2 Å². The van der Waals surface area contributed by atoms with E-state index in [1.165, 1.54) is 39.2 Å². The lowest BCUT2D eigenvalue weighted by molar-refractivity contribution is -0.140. The van der Waals surface area contributed by atoms with Gasteiger partial charge in [-0.1, -0.05) is 37.1 Å². The van der Waals surface area contributed by atoms with Gasteiger partial charge in [0.1, 0.15) is 23.7 Å². The maximum Gasteiger partial charge on any atom is 0.407 e. The summed E-state index contributed by atoms with van der Waals surface area (Å²) in [6.45, 7) is 2.98.